The molecule has 0 unspecified atom stereocenters. The van der Waals surface area contributed by atoms with Gasteiger partial charge in [0.2, 0.25) is 0 Å². The van der Waals surface area contributed by atoms with Crippen molar-refractivity contribution in [3.05, 3.63) is 47.8 Å². The Morgan fingerprint density at radius 1 is 1.26 bits per heavy atom. The molecule has 0 fully saturated rings. The maximum Gasteiger partial charge on any atom is 0.273 e. The van der Waals surface area contributed by atoms with Crippen LogP contribution in [0.1, 0.15) is 42.7 Å². The summed E-state index contributed by atoms with van der Waals surface area (Å²) in [5.74, 6) is -0.240. The molecule has 0 saturated carbocycles. The van der Waals surface area contributed by atoms with Crippen molar-refractivity contribution in [1.29, 1.82) is 0 Å². The van der Waals surface area contributed by atoms with Crippen LogP contribution in [0.5, 0.6) is 0 Å². The molecule has 1 aromatic heterocycles. The summed E-state index contributed by atoms with van der Waals surface area (Å²) < 4.78 is 1.65. The third-order valence-electron chi connectivity index (χ3n) is 3.97. The fourth-order valence-electron chi connectivity index (χ4n) is 2.10. The molecule has 0 bridgehead atoms. The first-order valence-electron chi connectivity index (χ1n) is 7.57. The molecule has 3 N–H and O–H groups in total. The fourth-order valence-corrected chi connectivity index (χ4v) is 2.10. The number of nitrogens with one attached hydrogen (secondary N) is 1. The predicted molar refractivity (Wildman–Crippen MR) is 92.6 cm³/mol. The highest BCUT2D eigenvalue weighted by Crippen LogP contribution is 2.09. The van der Waals surface area contributed by atoms with E-state index in [1.165, 1.54) is 0 Å². The molecule has 1 amide bonds. The molecule has 0 aliphatic carbocycles. The van der Waals surface area contributed by atoms with Crippen molar-refractivity contribution in [3.8, 4) is 0 Å². The molecular formula is C16H24ClN5O. The van der Waals surface area contributed by atoms with E-state index in [9.17, 15) is 4.79 Å². The summed E-state index contributed by atoms with van der Waals surface area (Å²) in [6.07, 6.45) is 3.27. The number of aromatic nitrogens is 3. The lowest BCUT2D eigenvalue weighted by atomic mass is 9.94. The standard InChI is InChI=1S/C16H23N5O.ClH/c1-3-16(17,4-2)12-18-15(22)14-11-21(20-19-14)10-13-8-6-5-7-9-13;/h5-9,11H,3-4,10,12,17H2,1-2H3,(H,18,22);1H. The lowest BCUT2D eigenvalue weighted by Gasteiger charge is -2.26. The number of rotatable bonds is 7. The highest BCUT2D eigenvalue weighted by molar-refractivity contribution is 5.91. The molecule has 0 spiro atoms. The molecule has 7 heteroatoms. The fraction of sp³-hybridized carbons (Fsp3) is 0.438. The van der Waals surface area contributed by atoms with Crippen molar-refractivity contribution >= 4 is 18.3 Å². The minimum atomic E-state index is -0.365. The molecule has 0 radical (unpaired) electrons. The van der Waals surface area contributed by atoms with E-state index in [1.807, 2.05) is 44.2 Å². The molecule has 1 aromatic carbocycles. The molecule has 2 rings (SSSR count). The van der Waals surface area contributed by atoms with Gasteiger partial charge in [0.15, 0.2) is 5.69 Å². The van der Waals surface area contributed by atoms with Crippen LogP contribution in [0.25, 0.3) is 0 Å². The first kappa shape index (κ1) is 19.1. The van der Waals surface area contributed by atoms with Crippen LogP contribution < -0.4 is 11.1 Å². The van der Waals surface area contributed by atoms with Crippen molar-refractivity contribution < 1.29 is 4.79 Å². The van der Waals surface area contributed by atoms with Gasteiger partial charge in [0.25, 0.3) is 5.91 Å². The van der Waals surface area contributed by atoms with Crippen molar-refractivity contribution in [2.45, 2.75) is 38.8 Å². The number of amides is 1. The Morgan fingerprint density at radius 3 is 2.52 bits per heavy atom. The third-order valence-corrected chi connectivity index (χ3v) is 3.97. The molecule has 126 valence electrons. The van der Waals surface area contributed by atoms with Crippen molar-refractivity contribution in [2.75, 3.05) is 6.54 Å². The van der Waals surface area contributed by atoms with Crippen molar-refractivity contribution in [1.82, 2.24) is 20.3 Å². The number of carbonyl (C=O) groups is 1. The van der Waals surface area contributed by atoms with Crippen LogP contribution in [0, 0.1) is 0 Å². The minimum Gasteiger partial charge on any atom is -0.349 e. The van der Waals surface area contributed by atoms with Crippen molar-refractivity contribution in [2.24, 2.45) is 5.73 Å². The molecule has 0 aliphatic heterocycles. The SMILES string of the molecule is CCC(N)(CC)CNC(=O)c1cn(Cc2ccccc2)nn1.Cl. The van der Waals surface area contributed by atoms with E-state index in [1.54, 1.807) is 10.9 Å². The number of carbonyl (C=O) groups excluding carboxylic acids is 1. The van der Waals surface area contributed by atoms with Gasteiger partial charge < -0.3 is 11.1 Å². The molecule has 2 aromatic rings. The van der Waals surface area contributed by atoms with E-state index in [0.717, 1.165) is 18.4 Å². The largest absolute Gasteiger partial charge is 0.349 e. The zero-order valence-corrected chi connectivity index (χ0v) is 14.3. The summed E-state index contributed by atoms with van der Waals surface area (Å²) in [6.45, 7) is 5.06. The Balaban J connectivity index is 0.00000264. The van der Waals surface area contributed by atoms with Crippen LogP contribution in [0.15, 0.2) is 36.5 Å². The summed E-state index contributed by atoms with van der Waals surface area (Å²) in [5.41, 5.74) is 7.23. The Morgan fingerprint density at radius 2 is 1.91 bits per heavy atom. The smallest absolute Gasteiger partial charge is 0.273 e. The molecular weight excluding hydrogens is 314 g/mol. The van der Waals surface area contributed by atoms with Crippen LogP contribution >= 0.6 is 12.4 Å². The van der Waals surface area contributed by atoms with Gasteiger partial charge >= 0.3 is 0 Å². The average Bonchev–Trinajstić information content (AvgIpc) is 3.02. The first-order valence-corrected chi connectivity index (χ1v) is 7.57. The molecule has 0 saturated heterocycles. The van der Waals surface area contributed by atoms with E-state index in [2.05, 4.69) is 15.6 Å². The first-order chi connectivity index (χ1) is 10.6. The predicted octanol–water partition coefficient (Wildman–Crippen LogP) is 2.00. The van der Waals surface area contributed by atoms with E-state index in [0.29, 0.717) is 18.8 Å². The van der Waals surface area contributed by atoms with E-state index >= 15 is 0 Å². The molecule has 6 nitrogen and oxygen atoms in total. The molecule has 0 aliphatic rings. The monoisotopic (exact) mass is 337 g/mol. The van der Waals surface area contributed by atoms with Gasteiger partial charge in [0.05, 0.1) is 12.7 Å². The average molecular weight is 338 g/mol. The highest BCUT2D eigenvalue weighted by Gasteiger charge is 2.22. The zero-order valence-electron chi connectivity index (χ0n) is 13.5. The second kappa shape index (κ2) is 8.64. The van der Waals surface area contributed by atoms with Gasteiger partial charge in [-0.3, -0.25) is 4.79 Å². The van der Waals surface area contributed by atoms with E-state index in [-0.39, 0.29) is 23.9 Å². The molecule has 1 heterocycles. The number of hydrogen-bond acceptors (Lipinski definition) is 4. The Hall–Kier alpha value is -1.92. The summed E-state index contributed by atoms with van der Waals surface area (Å²) in [4.78, 5) is 12.1. The number of halogens is 1. The van der Waals surface area contributed by atoms with E-state index in [4.69, 9.17) is 5.73 Å². The van der Waals surface area contributed by atoms with Crippen LogP contribution in [-0.2, 0) is 6.54 Å². The lowest BCUT2D eigenvalue weighted by Crippen LogP contribution is -2.49. The van der Waals surface area contributed by atoms with Crippen LogP contribution in [0.3, 0.4) is 0 Å². The normalized spacial score (nSPS) is 10.9. The number of benzene rings is 1. The van der Waals surface area contributed by atoms with E-state index < -0.39 is 0 Å². The summed E-state index contributed by atoms with van der Waals surface area (Å²) in [6, 6.07) is 9.91. The molecule has 0 atom stereocenters. The second-order valence-corrected chi connectivity index (χ2v) is 5.54. The van der Waals surface area contributed by atoms with Gasteiger partial charge in [0.1, 0.15) is 0 Å². The Labute approximate surface area is 142 Å². The topological polar surface area (TPSA) is 85.8 Å². The molecule has 23 heavy (non-hydrogen) atoms. The number of nitrogens with two attached hydrogens (primary N) is 1. The zero-order chi connectivity index (χ0) is 16.0. The summed E-state index contributed by atoms with van der Waals surface area (Å²) in [5, 5.41) is 10.8. The Bertz CT molecular complexity index is 610. The lowest BCUT2D eigenvalue weighted by molar-refractivity contribution is 0.0937. The van der Waals surface area contributed by atoms with Crippen LogP contribution in [0.2, 0.25) is 0 Å². The number of nitrogens with zero attached hydrogens (tertiary/aromatic N) is 3. The Kier molecular flexibility index (Phi) is 7.19. The minimum absolute atomic E-state index is 0. The second-order valence-electron chi connectivity index (χ2n) is 5.54. The maximum atomic E-state index is 12.1. The van der Waals surface area contributed by atoms with Gasteiger partial charge in [-0.15, -0.1) is 17.5 Å². The van der Waals surface area contributed by atoms with Gasteiger partial charge in [-0.2, -0.15) is 0 Å². The maximum absolute atomic E-state index is 12.1. The van der Waals surface area contributed by atoms with Gasteiger partial charge in [-0.1, -0.05) is 49.4 Å². The third kappa shape index (κ3) is 5.33. The van der Waals surface area contributed by atoms with Crippen LogP contribution in [0.4, 0.5) is 0 Å². The highest BCUT2D eigenvalue weighted by atomic mass is 35.5. The summed E-state index contributed by atoms with van der Waals surface area (Å²) >= 11 is 0. The quantitative estimate of drug-likeness (QED) is 0.809. The van der Waals surface area contributed by atoms with Gasteiger partial charge in [0, 0.05) is 12.1 Å². The van der Waals surface area contributed by atoms with Gasteiger partial charge in [-0.05, 0) is 18.4 Å². The van der Waals surface area contributed by atoms with Gasteiger partial charge in [-0.25, -0.2) is 4.68 Å². The van der Waals surface area contributed by atoms with Crippen molar-refractivity contribution in [3.63, 3.8) is 0 Å². The number of hydrogen-bond donors (Lipinski definition) is 2. The summed E-state index contributed by atoms with van der Waals surface area (Å²) in [7, 11) is 0. The van der Waals surface area contributed by atoms with Crippen LogP contribution in [-0.4, -0.2) is 33.0 Å².